The van der Waals surface area contributed by atoms with Gasteiger partial charge in [-0.3, -0.25) is 9.59 Å². The van der Waals surface area contributed by atoms with Crippen molar-refractivity contribution in [3.05, 3.63) is 88.9 Å². The lowest BCUT2D eigenvalue weighted by Crippen LogP contribution is -2.24. The number of Topliss-reactive ketones (excluding diaryl/α,β-unsaturated/α-hetero) is 1. The maximum atomic E-state index is 14.6. The molecule has 4 rings (SSSR count). The second kappa shape index (κ2) is 10.4. The number of halogens is 1. The molecule has 2 heterocycles. The summed E-state index contributed by atoms with van der Waals surface area (Å²) in [5, 5.41) is 4.74. The molecule has 0 saturated heterocycles. The number of hydrogen-bond donors (Lipinski definition) is 1. The highest BCUT2D eigenvalue weighted by Gasteiger charge is 2.30. The Morgan fingerprint density at radius 1 is 1.06 bits per heavy atom. The van der Waals surface area contributed by atoms with Gasteiger partial charge in [0.1, 0.15) is 17.1 Å². The first-order valence-electron chi connectivity index (χ1n) is 11.3. The van der Waals surface area contributed by atoms with E-state index >= 15 is 0 Å². The molecule has 0 spiro atoms. The first kappa shape index (κ1) is 24.6. The summed E-state index contributed by atoms with van der Waals surface area (Å²) in [7, 11) is 1.23. The Kier molecular flexibility index (Phi) is 7.10. The van der Waals surface area contributed by atoms with E-state index in [-0.39, 0.29) is 23.3 Å². The van der Waals surface area contributed by atoms with Gasteiger partial charge in [0, 0.05) is 18.1 Å². The van der Waals surface area contributed by atoms with E-state index in [4.69, 9.17) is 15.6 Å². The fourth-order valence-electron chi connectivity index (χ4n) is 4.13. The number of carbonyl (C=O) groups excluding carboxylic acids is 3. The number of fused-ring (bicyclic) bond motifs is 1. The van der Waals surface area contributed by atoms with E-state index in [1.165, 1.54) is 17.7 Å². The summed E-state index contributed by atoms with van der Waals surface area (Å²) in [5.41, 5.74) is 8.18. The van der Waals surface area contributed by atoms with Crippen LogP contribution in [0.5, 0.6) is 5.75 Å². The Labute approximate surface area is 206 Å². The van der Waals surface area contributed by atoms with Gasteiger partial charge in [-0.1, -0.05) is 55.5 Å². The van der Waals surface area contributed by atoms with Crippen LogP contribution in [0.2, 0.25) is 0 Å². The topological polar surface area (TPSA) is 113 Å². The van der Waals surface area contributed by atoms with Gasteiger partial charge in [0.25, 0.3) is 11.7 Å². The van der Waals surface area contributed by atoms with Crippen molar-refractivity contribution in [3.8, 4) is 17.0 Å². The molecule has 184 valence electrons. The van der Waals surface area contributed by atoms with E-state index < -0.39 is 30.1 Å². The third kappa shape index (κ3) is 4.68. The van der Waals surface area contributed by atoms with Gasteiger partial charge in [-0.05, 0) is 23.6 Å². The second-order valence-electron chi connectivity index (χ2n) is 8.00. The predicted molar refractivity (Wildman–Crippen MR) is 130 cm³/mol. The molecule has 36 heavy (non-hydrogen) atoms. The summed E-state index contributed by atoms with van der Waals surface area (Å²) in [6, 6.07) is 17.1. The van der Waals surface area contributed by atoms with Gasteiger partial charge >= 0.3 is 5.97 Å². The number of nitrogens with two attached hydrogens (primary N) is 1. The molecule has 9 heteroatoms. The predicted octanol–water partition coefficient (Wildman–Crippen LogP) is 3.51. The van der Waals surface area contributed by atoms with E-state index in [0.29, 0.717) is 28.9 Å². The van der Waals surface area contributed by atoms with Crippen molar-refractivity contribution < 1.29 is 28.2 Å². The van der Waals surface area contributed by atoms with Gasteiger partial charge in [-0.15, -0.1) is 0 Å². The molecule has 0 aliphatic carbocycles. The first-order chi connectivity index (χ1) is 17.3. The van der Waals surface area contributed by atoms with Crippen LogP contribution in [0.15, 0.2) is 60.7 Å². The number of rotatable bonds is 9. The number of ether oxygens (including phenoxy) is 2. The summed E-state index contributed by atoms with van der Waals surface area (Å²) in [6.45, 7) is 1.37. The van der Waals surface area contributed by atoms with E-state index in [0.717, 1.165) is 5.56 Å². The molecule has 0 fully saturated rings. The third-order valence-electron chi connectivity index (χ3n) is 5.83. The summed E-state index contributed by atoms with van der Waals surface area (Å²) in [6.07, 6.45) is 0.420. The smallest absolute Gasteiger partial charge is 0.343 e. The summed E-state index contributed by atoms with van der Waals surface area (Å²) >= 11 is 0. The number of benzene rings is 2. The Hall–Kier alpha value is -4.53. The molecular weight excluding hydrogens is 465 g/mol. The number of nitrogens with zero attached hydrogens (tertiary/aromatic N) is 2. The molecule has 8 nitrogen and oxygen atoms in total. The highest BCUT2D eigenvalue weighted by atomic mass is 19.1. The monoisotopic (exact) mass is 489 g/mol. The van der Waals surface area contributed by atoms with Crippen LogP contribution in [0, 0.1) is 5.82 Å². The molecule has 0 bridgehead atoms. The van der Waals surface area contributed by atoms with Crippen LogP contribution >= 0.6 is 0 Å². The van der Waals surface area contributed by atoms with Crippen LogP contribution in [-0.2, 0) is 27.2 Å². The van der Waals surface area contributed by atoms with Crippen molar-refractivity contribution in [2.24, 2.45) is 5.73 Å². The fourth-order valence-corrected chi connectivity index (χ4v) is 4.13. The standard InChI is InChI=1S/C27H24FN3O5/c1-3-18-21(13-17-11-7-8-12-19(17)28)31-25(24(18)26(33)27(29)34)22(36-15-23(32)35-2)14-20(30-31)16-9-5-4-6-10-16/h4-12,14H,3,13,15H2,1-2H3,(H2,29,34). The second-order valence-corrected chi connectivity index (χ2v) is 8.00. The summed E-state index contributed by atoms with van der Waals surface area (Å²) in [5.74, 6) is -3.00. The molecule has 0 aliphatic rings. The average Bonchev–Trinajstić information content (AvgIpc) is 3.21. The van der Waals surface area contributed by atoms with Crippen LogP contribution in [0.4, 0.5) is 4.39 Å². The molecular formula is C27H24FN3O5. The lowest BCUT2D eigenvalue weighted by Gasteiger charge is -2.12. The maximum Gasteiger partial charge on any atom is 0.343 e. The third-order valence-corrected chi connectivity index (χ3v) is 5.83. The van der Waals surface area contributed by atoms with Gasteiger partial charge in [0.05, 0.1) is 24.1 Å². The van der Waals surface area contributed by atoms with Crippen LogP contribution in [0.3, 0.4) is 0 Å². The highest BCUT2D eigenvalue weighted by Crippen LogP contribution is 2.35. The van der Waals surface area contributed by atoms with E-state index in [9.17, 15) is 18.8 Å². The number of aromatic nitrogens is 2. The molecule has 2 aromatic heterocycles. The zero-order chi connectivity index (χ0) is 25.8. The number of carbonyl (C=O) groups is 3. The Morgan fingerprint density at radius 2 is 1.75 bits per heavy atom. The molecule has 1 amide bonds. The van der Waals surface area contributed by atoms with Crippen LogP contribution in [0.25, 0.3) is 16.8 Å². The van der Waals surface area contributed by atoms with Crippen LogP contribution < -0.4 is 10.5 Å². The molecule has 0 radical (unpaired) electrons. The minimum atomic E-state index is -1.15. The summed E-state index contributed by atoms with van der Waals surface area (Å²) in [4.78, 5) is 36.9. The van der Waals surface area contributed by atoms with Gasteiger partial charge in [0.15, 0.2) is 6.61 Å². The normalized spacial score (nSPS) is 10.9. The van der Waals surface area contributed by atoms with E-state index in [2.05, 4.69) is 4.74 Å². The van der Waals surface area contributed by atoms with Crippen LogP contribution in [-0.4, -0.2) is 41.0 Å². The zero-order valence-corrected chi connectivity index (χ0v) is 19.8. The molecule has 0 aliphatic heterocycles. The van der Waals surface area contributed by atoms with Gasteiger partial charge in [-0.2, -0.15) is 5.10 Å². The van der Waals surface area contributed by atoms with E-state index in [1.54, 1.807) is 24.3 Å². The highest BCUT2D eigenvalue weighted by molar-refractivity contribution is 6.44. The largest absolute Gasteiger partial charge is 0.480 e. The molecule has 2 aromatic carbocycles. The molecule has 4 aromatic rings. The molecule has 0 unspecified atom stereocenters. The number of hydrogen-bond acceptors (Lipinski definition) is 6. The van der Waals surface area contributed by atoms with Gasteiger partial charge in [0.2, 0.25) is 0 Å². The Morgan fingerprint density at radius 3 is 2.39 bits per heavy atom. The lowest BCUT2D eigenvalue weighted by molar-refractivity contribution is -0.142. The van der Waals surface area contributed by atoms with Crippen molar-refractivity contribution in [1.82, 2.24) is 9.61 Å². The maximum absolute atomic E-state index is 14.6. The van der Waals surface area contributed by atoms with Crippen molar-refractivity contribution in [3.63, 3.8) is 0 Å². The SMILES string of the molecule is CCc1c(C(=O)C(N)=O)c2c(OCC(=O)OC)cc(-c3ccccc3)nn2c1Cc1ccccc1F. The first-order valence-corrected chi connectivity index (χ1v) is 11.3. The van der Waals surface area contributed by atoms with Gasteiger partial charge in [-0.25, -0.2) is 13.7 Å². The zero-order valence-electron chi connectivity index (χ0n) is 19.8. The van der Waals surface area contributed by atoms with Crippen molar-refractivity contribution in [1.29, 1.82) is 0 Å². The summed E-state index contributed by atoms with van der Waals surface area (Å²) < 4.78 is 26.6. The molecule has 0 atom stereocenters. The Bertz CT molecular complexity index is 1460. The minimum absolute atomic E-state index is 0.0170. The quantitative estimate of drug-likeness (QED) is 0.219. The van der Waals surface area contributed by atoms with Gasteiger partial charge < -0.3 is 15.2 Å². The van der Waals surface area contributed by atoms with Crippen molar-refractivity contribution in [2.75, 3.05) is 13.7 Å². The fraction of sp³-hybridized carbons (Fsp3) is 0.185. The minimum Gasteiger partial charge on any atom is -0.480 e. The molecule has 2 N–H and O–H groups in total. The number of esters is 1. The van der Waals surface area contributed by atoms with Crippen molar-refractivity contribution in [2.45, 2.75) is 19.8 Å². The number of methoxy groups -OCH3 is 1. The van der Waals surface area contributed by atoms with Crippen molar-refractivity contribution >= 4 is 23.2 Å². The molecule has 0 saturated carbocycles. The lowest BCUT2D eigenvalue weighted by atomic mass is 9.99. The van der Waals surface area contributed by atoms with Crippen LogP contribution in [0.1, 0.15) is 34.1 Å². The number of primary amides is 1. The number of amides is 1. The number of ketones is 1. The average molecular weight is 490 g/mol. The Balaban J connectivity index is 2.06. The van der Waals surface area contributed by atoms with E-state index in [1.807, 2.05) is 37.3 Å².